The van der Waals surface area contributed by atoms with Gasteiger partial charge < -0.3 is 9.30 Å². The number of esters is 1. The van der Waals surface area contributed by atoms with Crippen molar-refractivity contribution in [3.63, 3.8) is 0 Å². The predicted molar refractivity (Wildman–Crippen MR) is 83.5 cm³/mol. The molecule has 3 nitrogen and oxygen atoms in total. The van der Waals surface area contributed by atoms with Crippen LogP contribution in [0.2, 0.25) is 0 Å². The first kappa shape index (κ1) is 14.3. The number of hydrogen-bond donors (Lipinski definition) is 0. The van der Waals surface area contributed by atoms with Gasteiger partial charge in [0.2, 0.25) is 0 Å². The van der Waals surface area contributed by atoms with Gasteiger partial charge >= 0.3 is 5.97 Å². The Bertz CT molecular complexity index is 851. The zero-order valence-electron chi connectivity index (χ0n) is 12.5. The average Bonchev–Trinajstić information content (AvgIpc) is 2.93. The molecular formula is C18H16FNO2. The SMILES string of the molecule is COC(=O)c1ccc2ccn(Cc3ccccc3F)c2c1C. The van der Waals surface area contributed by atoms with Crippen molar-refractivity contribution < 1.29 is 13.9 Å². The number of aromatic nitrogens is 1. The zero-order chi connectivity index (χ0) is 15.7. The van der Waals surface area contributed by atoms with Crippen molar-refractivity contribution >= 4 is 16.9 Å². The van der Waals surface area contributed by atoms with Crippen molar-refractivity contribution in [2.24, 2.45) is 0 Å². The summed E-state index contributed by atoms with van der Waals surface area (Å²) in [5.74, 6) is -0.593. The summed E-state index contributed by atoms with van der Waals surface area (Å²) >= 11 is 0. The lowest BCUT2D eigenvalue weighted by atomic mass is 10.1. The summed E-state index contributed by atoms with van der Waals surface area (Å²) in [6.07, 6.45) is 1.91. The fourth-order valence-electron chi connectivity index (χ4n) is 2.75. The molecule has 2 aromatic carbocycles. The highest BCUT2D eigenvalue weighted by atomic mass is 19.1. The molecule has 0 aliphatic heterocycles. The van der Waals surface area contributed by atoms with Gasteiger partial charge in [-0.2, -0.15) is 0 Å². The van der Waals surface area contributed by atoms with Crippen LogP contribution < -0.4 is 0 Å². The van der Waals surface area contributed by atoms with E-state index in [1.54, 1.807) is 18.2 Å². The number of halogens is 1. The third kappa shape index (κ3) is 2.37. The summed E-state index contributed by atoms with van der Waals surface area (Å²) in [4.78, 5) is 11.8. The molecule has 4 heteroatoms. The van der Waals surface area contributed by atoms with Crippen LogP contribution in [0.5, 0.6) is 0 Å². The minimum atomic E-state index is -0.363. The molecule has 0 unspecified atom stereocenters. The monoisotopic (exact) mass is 297 g/mol. The van der Waals surface area contributed by atoms with Crippen LogP contribution in [0, 0.1) is 12.7 Å². The summed E-state index contributed by atoms with van der Waals surface area (Å²) in [5.41, 5.74) is 2.91. The Balaban J connectivity index is 2.11. The van der Waals surface area contributed by atoms with Crippen LogP contribution in [0.25, 0.3) is 10.9 Å². The molecule has 0 atom stereocenters. The third-order valence-corrected chi connectivity index (χ3v) is 3.89. The number of rotatable bonds is 3. The van der Waals surface area contributed by atoms with E-state index in [-0.39, 0.29) is 11.8 Å². The molecule has 0 radical (unpaired) electrons. The lowest BCUT2D eigenvalue weighted by molar-refractivity contribution is 0.0600. The molecule has 1 heterocycles. The van der Waals surface area contributed by atoms with Gasteiger partial charge in [0.05, 0.1) is 24.7 Å². The van der Waals surface area contributed by atoms with Crippen LogP contribution >= 0.6 is 0 Å². The Morgan fingerprint density at radius 2 is 1.95 bits per heavy atom. The van der Waals surface area contributed by atoms with E-state index in [2.05, 4.69) is 0 Å². The Morgan fingerprint density at radius 3 is 2.68 bits per heavy atom. The largest absolute Gasteiger partial charge is 0.465 e. The standard InChI is InChI=1S/C18H16FNO2/c1-12-15(18(21)22-2)8-7-13-9-10-20(17(12)13)11-14-5-3-4-6-16(14)19/h3-10H,11H2,1-2H3. The molecule has 0 bridgehead atoms. The van der Waals surface area contributed by atoms with Gasteiger partial charge in [0.25, 0.3) is 0 Å². The summed E-state index contributed by atoms with van der Waals surface area (Å²) < 4.78 is 20.6. The number of carbonyl (C=O) groups excluding carboxylic acids is 1. The first-order chi connectivity index (χ1) is 10.6. The quantitative estimate of drug-likeness (QED) is 0.686. The Kier molecular flexibility index (Phi) is 3.67. The van der Waals surface area contributed by atoms with Crippen molar-refractivity contribution in [3.8, 4) is 0 Å². The summed E-state index contributed by atoms with van der Waals surface area (Å²) in [7, 11) is 1.37. The van der Waals surface area contributed by atoms with Gasteiger partial charge in [-0.3, -0.25) is 0 Å². The second-order valence-electron chi connectivity index (χ2n) is 5.20. The van der Waals surface area contributed by atoms with Crippen molar-refractivity contribution in [3.05, 3.63) is 71.2 Å². The molecule has 0 N–H and O–H groups in total. The molecule has 112 valence electrons. The molecule has 0 amide bonds. The van der Waals surface area contributed by atoms with E-state index < -0.39 is 0 Å². The molecule has 0 spiro atoms. The fourth-order valence-corrected chi connectivity index (χ4v) is 2.75. The molecule has 0 aliphatic carbocycles. The van der Waals surface area contributed by atoms with Crippen LogP contribution in [0.3, 0.4) is 0 Å². The number of carbonyl (C=O) groups is 1. The van der Waals surface area contributed by atoms with Crippen LogP contribution in [0.15, 0.2) is 48.7 Å². The molecule has 3 rings (SSSR count). The number of benzene rings is 2. The lowest BCUT2D eigenvalue weighted by Gasteiger charge is -2.11. The molecule has 22 heavy (non-hydrogen) atoms. The van der Waals surface area contributed by atoms with Gasteiger partial charge in [0.1, 0.15) is 5.82 Å². The van der Waals surface area contributed by atoms with E-state index in [0.29, 0.717) is 17.7 Å². The molecule has 0 saturated carbocycles. The Labute approximate surface area is 127 Å². The van der Waals surface area contributed by atoms with Crippen LogP contribution in [0.1, 0.15) is 21.5 Å². The van der Waals surface area contributed by atoms with Crippen molar-refractivity contribution in [2.75, 3.05) is 7.11 Å². The number of methoxy groups -OCH3 is 1. The average molecular weight is 297 g/mol. The number of fused-ring (bicyclic) bond motifs is 1. The Morgan fingerprint density at radius 1 is 1.18 bits per heavy atom. The van der Waals surface area contributed by atoms with Gasteiger partial charge in [-0.1, -0.05) is 24.3 Å². The smallest absolute Gasteiger partial charge is 0.338 e. The maximum atomic E-state index is 13.9. The second-order valence-corrected chi connectivity index (χ2v) is 5.20. The first-order valence-electron chi connectivity index (χ1n) is 7.02. The zero-order valence-corrected chi connectivity index (χ0v) is 12.5. The van der Waals surface area contributed by atoms with Crippen LogP contribution in [-0.2, 0) is 11.3 Å². The highest BCUT2D eigenvalue weighted by Crippen LogP contribution is 2.25. The normalized spacial score (nSPS) is 10.9. The summed E-state index contributed by atoms with van der Waals surface area (Å²) in [5, 5.41) is 1.02. The van der Waals surface area contributed by atoms with Crippen LogP contribution in [0.4, 0.5) is 4.39 Å². The first-order valence-corrected chi connectivity index (χ1v) is 7.02. The molecule has 0 aliphatic rings. The number of ether oxygens (including phenoxy) is 1. The van der Waals surface area contributed by atoms with Gasteiger partial charge in [-0.15, -0.1) is 0 Å². The Hall–Kier alpha value is -2.62. The molecule has 1 aromatic heterocycles. The predicted octanol–water partition coefficient (Wildman–Crippen LogP) is 3.92. The van der Waals surface area contributed by atoms with Crippen molar-refractivity contribution in [2.45, 2.75) is 13.5 Å². The van der Waals surface area contributed by atoms with Gasteiger partial charge in [0.15, 0.2) is 0 Å². The number of hydrogen-bond acceptors (Lipinski definition) is 2. The minimum absolute atomic E-state index is 0.230. The summed E-state index contributed by atoms with van der Waals surface area (Å²) in [6, 6.07) is 12.3. The highest BCUT2D eigenvalue weighted by Gasteiger charge is 2.14. The summed E-state index contributed by atoms with van der Waals surface area (Å²) in [6.45, 7) is 2.30. The van der Waals surface area contributed by atoms with Crippen molar-refractivity contribution in [1.82, 2.24) is 4.57 Å². The molecule has 0 fully saturated rings. The fraction of sp³-hybridized carbons (Fsp3) is 0.167. The van der Waals surface area contributed by atoms with Gasteiger partial charge in [-0.05, 0) is 36.1 Å². The van der Waals surface area contributed by atoms with E-state index in [1.165, 1.54) is 13.2 Å². The number of aryl methyl sites for hydroxylation is 1. The minimum Gasteiger partial charge on any atom is -0.465 e. The molecule has 3 aromatic rings. The van der Waals surface area contributed by atoms with E-state index >= 15 is 0 Å². The van der Waals surface area contributed by atoms with E-state index in [1.807, 2.05) is 35.9 Å². The topological polar surface area (TPSA) is 31.2 Å². The van der Waals surface area contributed by atoms with E-state index in [0.717, 1.165) is 16.5 Å². The highest BCUT2D eigenvalue weighted by molar-refractivity contribution is 5.97. The molecule has 0 saturated heterocycles. The second kappa shape index (κ2) is 5.64. The maximum Gasteiger partial charge on any atom is 0.338 e. The number of nitrogens with zero attached hydrogens (tertiary/aromatic N) is 1. The van der Waals surface area contributed by atoms with Gasteiger partial charge in [0, 0.05) is 11.8 Å². The van der Waals surface area contributed by atoms with Crippen molar-refractivity contribution in [1.29, 1.82) is 0 Å². The lowest BCUT2D eigenvalue weighted by Crippen LogP contribution is -2.06. The maximum absolute atomic E-state index is 13.9. The third-order valence-electron chi connectivity index (χ3n) is 3.89. The van der Waals surface area contributed by atoms with Gasteiger partial charge in [-0.25, -0.2) is 9.18 Å². The van der Waals surface area contributed by atoms with E-state index in [4.69, 9.17) is 4.74 Å². The molecular weight excluding hydrogens is 281 g/mol. The van der Waals surface area contributed by atoms with Crippen LogP contribution in [-0.4, -0.2) is 17.6 Å². The van der Waals surface area contributed by atoms with E-state index in [9.17, 15) is 9.18 Å².